The largest absolute Gasteiger partial charge is 1.00 e. The molecule has 1 aromatic rings. The molecule has 0 radical (unpaired) electrons. The Morgan fingerprint density at radius 1 is 1.35 bits per heavy atom. The van der Waals surface area contributed by atoms with Crippen molar-refractivity contribution in [3.8, 4) is 0 Å². The summed E-state index contributed by atoms with van der Waals surface area (Å²) in [7, 11) is 2.16. The van der Waals surface area contributed by atoms with Gasteiger partial charge in [-0.1, -0.05) is 30.8 Å². The minimum Gasteiger partial charge on any atom is -1.00 e. The lowest BCUT2D eigenvalue weighted by molar-refractivity contribution is -0.917. The number of quaternary nitrogens is 1. The molecule has 0 saturated carbocycles. The van der Waals surface area contributed by atoms with Crippen molar-refractivity contribution in [1.29, 1.82) is 0 Å². The molecule has 0 aliphatic heterocycles. The van der Waals surface area contributed by atoms with Crippen molar-refractivity contribution < 1.29 is 26.6 Å². The number of aliphatic hydroxyl groups excluding tert-OH is 1. The number of benzene rings is 1. The highest BCUT2D eigenvalue weighted by atomic mass is 79.9. The van der Waals surface area contributed by atoms with Crippen LogP contribution in [0.25, 0.3) is 0 Å². The van der Waals surface area contributed by atoms with Crippen LogP contribution in [0.15, 0.2) is 36.9 Å². The van der Waals surface area contributed by atoms with Crippen LogP contribution in [-0.2, 0) is 6.54 Å². The molecule has 1 rings (SSSR count). The quantitative estimate of drug-likeness (QED) is 0.535. The number of rotatable bonds is 6. The van der Waals surface area contributed by atoms with Gasteiger partial charge in [0.25, 0.3) is 0 Å². The molecule has 17 heavy (non-hydrogen) atoms. The summed E-state index contributed by atoms with van der Waals surface area (Å²) in [6.07, 6.45) is 1.92. The van der Waals surface area contributed by atoms with Gasteiger partial charge < -0.3 is 26.6 Å². The Morgan fingerprint density at radius 3 is 2.53 bits per heavy atom. The highest BCUT2D eigenvalue weighted by Crippen LogP contribution is 2.15. The monoisotopic (exact) mass is 299 g/mol. The lowest BCUT2D eigenvalue weighted by Crippen LogP contribution is -3.00. The molecule has 1 aromatic carbocycles. The molecule has 0 bridgehead atoms. The van der Waals surface area contributed by atoms with Crippen molar-refractivity contribution in [1.82, 2.24) is 0 Å². The highest BCUT2D eigenvalue weighted by molar-refractivity contribution is 5.24. The molecule has 0 amide bonds. The first-order chi connectivity index (χ1) is 7.61. The van der Waals surface area contributed by atoms with Gasteiger partial charge in [0.15, 0.2) is 0 Å². The third-order valence-electron chi connectivity index (χ3n) is 3.02. The molecule has 0 fully saturated rings. The average molecular weight is 300 g/mol. The van der Waals surface area contributed by atoms with E-state index in [1.165, 1.54) is 11.1 Å². The zero-order valence-electron chi connectivity index (χ0n) is 10.7. The fraction of sp³-hybridized carbons (Fsp3) is 0.429. The molecule has 0 saturated heterocycles. The molecule has 0 aromatic heterocycles. The fourth-order valence-electron chi connectivity index (χ4n) is 1.99. The Bertz CT molecular complexity index is 354. The summed E-state index contributed by atoms with van der Waals surface area (Å²) in [6.45, 7) is 8.74. The second-order valence-electron chi connectivity index (χ2n) is 4.62. The van der Waals surface area contributed by atoms with Crippen LogP contribution in [0, 0.1) is 6.92 Å². The van der Waals surface area contributed by atoms with Gasteiger partial charge in [0.2, 0.25) is 0 Å². The molecule has 1 unspecified atom stereocenters. The first-order valence-electron chi connectivity index (χ1n) is 5.71. The van der Waals surface area contributed by atoms with Gasteiger partial charge >= 0.3 is 0 Å². The Hall–Kier alpha value is -0.640. The Morgan fingerprint density at radius 2 is 2.00 bits per heavy atom. The third kappa shape index (κ3) is 5.02. The second-order valence-corrected chi connectivity index (χ2v) is 4.62. The SMILES string of the molecule is C=CC[N+](C)(CCO)Cc1ccccc1C.[Br-]. The van der Waals surface area contributed by atoms with Gasteiger partial charge in [-0.25, -0.2) is 0 Å². The molecular weight excluding hydrogens is 278 g/mol. The number of aryl methyl sites for hydroxylation is 1. The number of hydrogen-bond donors (Lipinski definition) is 1. The van der Waals surface area contributed by atoms with E-state index in [1.807, 2.05) is 6.08 Å². The second kappa shape index (κ2) is 7.64. The van der Waals surface area contributed by atoms with Crippen molar-refractivity contribution >= 4 is 0 Å². The summed E-state index contributed by atoms with van der Waals surface area (Å²) in [5.74, 6) is 0. The van der Waals surface area contributed by atoms with E-state index in [0.29, 0.717) is 0 Å². The maximum absolute atomic E-state index is 9.13. The Balaban J connectivity index is 0.00000256. The predicted molar refractivity (Wildman–Crippen MR) is 68.1 cm³/mol. The maximum atomic E-state index is 9.13. The molecule has 1 atom stereocenters. The van der Waals surface area contributed by atoms with Gasteiger partial charge in [-0.3, -0.25) is 0 Å². The smallest absolute Gasteiger partial charge is 0.105 e. The van der Waals surface area contributed by atoms with E-state index in [4.69, 9.17) is 5.11 Å². The van der Waals surface area contributed by atoms with E-state index >= 15 is 0 Å². The standard InChI is InChI=1S/C14H22NO.BrH/c1-4-9-15(3,10-11-16)12-14-8-6-5-7-13(14)2;/h4-8,16H,1,9-12H2,2-3H3;1H/q+1;/p-1. The van der Waals surface area contributed by atoms with Crippen LogP contribution in [0.4, 0.5) is 0 Å². The van der Waals surface area contributed by atoms with Crippen LogP contribution in [0.1, 0.15) is 11.1 Å². The van der Waals surface area contributed by atoms with E-state index in [-0.39, 0.29) is 23.6 Å². The summed E-state index contributed by atoms with van der Waals surface area (Å²) in [5, 5.41) is 9.13. The van der Waals surface area contributed by atoms with Gasteiger partial charge in [-0.2, -0.15) is 0 Å². The van der Waals surface area contributed by atoms with Crippen LogP contribution in [0.3, 0.4) is 0 Å². The molecular formula is C14H22BrNO. The minimum atomic E-state index is 0. The Kier molecular flexibility index (Phi) is 7.35. The normalized spacial score (nSPS) is 13.6. The molecule has 96 valence electrons. The fourth-order valence-corrected chi connectivity index (χ4v) is 1.99. The number of likely N-dealkylation sites (N-methyl/N-ethyl adjacent to an activating group) is 1. The molecule has 0 aliphatic carbocycles. The van der Waals surface area contributed by atoms with E-state index in [1.54, 1.807) is 0 Å². The summed E-state index contributed by atoms with van der Waals surface area (Å²) in [5.41, 5.74) is 2.66. The maximum Gasteiger partial charge on any atom is 0.105 e. The summed E-state index contributed by atoms with van der Waals surface area (Å²) >= 11 is 0. The van der Waals surface area contributed by atoms with Gasteiger partial charge in [0.05, 0.1) is 20.2 Å². The molecule has 0 spiro atoms. The zero-order chi connectivity index (χ0) is 12.0. The number of nitrogens with zero attached hydrogens (tertiary/aromatic N) is 1. The van der Waals surface area contributed by atoms with Crippen molar-refractivity contribution in [2.45, 2.75) is 13.5 Å². The van der Waals surface area contributed by atoms with Crippen molar-refractivity contribution in [3.63, 3.8) is 0 Å². The van der Waals surface area contributed by atoms with Gasteiger partial charge in [0, 0.05) is 5.56 Å². The molecule has 0 aliphatic rings. The van der Waals surface area contributed by atoms with E-state index in [9.17, 15) is 0 Å². The minimum absolute atomic E-state index is 0. The van der Waals surface area contributed by atoms with E-state index < -0.39 is 0 Å². The number of halogens is 1. The van der Waals surface area contributed by atoms with Crippen LogP contribution < -0.4 is 17.0 Å². The highest BCUT2D eigenvalue weighted by Gasteiger charge is 2.20. The lowest BCUT2D eigenvalue weighted by Gasteiger charge is -2.33. The summed E-state index contributed by atoms with van der Waals surface area (Å²) in [4.78, 5) is 0. The molecule has 2 nitrogen and oxygen atoms in total. The average Bonchev–Trinajstić information content (AvgIpc) is 2.22. The van der Waals surface area contributed by atoms with Crippen LogP contribution in [-0.4, -0.2) is 36.3 Å². The third-order valence-corrected chi connectivity index (χ3v) is 3.02. The van der Waals surface area contributed by atoms with E-state index in [2.05, 4.69) is 44.8 Å². The van der Waals surface area contributed by atoms with Crippen LogP contribution in [0.2, 0.25) is 0 Å². The number of aliphatic hydroxyl groups is 1. The first kappa shape index (κ1) is 16.4. The number of hydrogen-bond acceptors (Lipinski definition) is 1. The van der Waals surface area contributed by atoms with E-state index in [0.717, 1.165) is 24.1 Å². The zero-order valence-corrected chi connectivity index (χ0v) is 12.3. The van der Waals surface area contributed by atoms with Gasteiger partial charge in [0.1, 0.15) is 13.1 Å². The Labute approximate surface area is 115 Å². The molecule has 3 heteroatoms. The van der Waals surface area contributed by atoms with Crippen molar-refractivity contribution in [3.05, 3.63) is 48.0 Å². The van der Waals surface area contributed by atoms with Crippen LogP contribution in [0.5, 0.6) is 0 Å². The van der Waals surface area contributed by atoms with Crippen LogP contribution >= 0.6 is 0 Å². The summed E-state index contributed by atoms with van der Waals surface area (Å²) in [6, 6.07) is 8.42. The van der Waals surface area contributed by atoms with Gasteiger partial charge in [-0.05, 0) is 18.6 Å². The molecule has 1 N–H and O–H groups in total. The first-order valence-corrected chi connectivity index (χ1v) is 5.71. The molecule has 0 heterocycles. The summed E-state index contributed by atoms with van der Waals surface area (Å²) < 4.78 is 0.810. The lowest BCUT2D eigenvalue weighted by atomic mass is 10.1. The van der Waals surface area contributed by atoms with Crippen molar-refractivity contribution in [2.75, 3.05) is 26.7 Å². The van der Waals surface area contributed by atoms with Crippen molar-refractivity contribution in [2.24, 2.45) is 0 Å². The van der Waals surface area contributed by atoms with Gasteiger partial charge in [-0.15, -0.1) is 0 Å². The topological polar surface area (TPSA) is 20.2 Å². The predicted octanol–water partition coefficient (Wildman–Crippen LogP) is -0.876.